The normalized spacial score (nSPS) is 13.5. The van der Waals surface area contributed by atoms with Crippen molar-refractivity contribution in [3.05, 3.63) is 52.7 Å². The summed E-state index contributed by atoms with van der Waals surface area (Å²) in [5.41, 5.74) is 1.24. The zero-order valence-corrected chi connectivity index (χ0v) is 14.5. The first-order chi connectivity index (χ1) is 11.4. The lowest BCUT2D eigenvalue weighted by Gasteiger charge is -2.29. The maximum absolute atomic E-state index is 14.0. The third-order valence-corrected chi connectivity index (χ3v) is 4.30. The van der Waals surface area contributed by atoms with Crippen molar-refractivity contribution in [1.29, 1.82) is 0 Å². The number of aryl methyl sites for hydroxylation is 2. The fourth-order valence-electron chi connectivity index (χ4n) is 2.62. The summed E-state index contributed by atoms with van der Waals surface area (Å²) in [6.45, 7) is 5.61. The number of benzene rings is 1. The number of hydrogen-bond donors (Lipinski definition) is 1. The van der Waals surface area contributed by atoms with Crippen LogP contribution in [-0.4, -0.2) is 24.7 Å². The van der Waals surface area contributed by atoms with Gasteiger partial charge in [0, 0.05) is 24.7 Å². The zero-order chi connectivity index (χ0) is 17.7. The average molecular weight is 334 g/mol. The lowest BCUT2D eigenvalue weighted by atomic mass is 9.95. The van der Waals surface area contributed by atoms with Gasteiger partial charge in [0.05, 0.1) is 12.2 Å². The molecule has 0 bridgehead atoms. The number of nitrogens with zero attached hydrogens (tertiary/aromatic N) is 1. The summed E-state index contributed by atoms with van der Waals surface area (Å²) in [5, 5.41) is 6.69. The molecule has 1 heterocycles. The Bertz CT molecular complexity index is 695. The second-order valence-electron chi connectivity index (χ2n) is 5.99. The summed E-state index contributed by atoms with van der Waals surface area (Å²) in [4.78, 5) is 12.1. The van der Waals surface area contributed by atoms with E-state index in [4.69, 9.17) is 9.26 Å². The molecule has 6 heteroatoms. The van der Waals surface area contributed by atoms with Gasteiger partial charge in [0.25, 0.3) is 0 Å². The first-order valence-corrected chi connectivity index (χ1v) is 7.86. The molecule has 5 nitrogen and oxygen atoms in total. The van der Waals surface area contributed by atoms with Crippen molar-refractivity contribution in [3.63, 3.8) is 0 Å². The highest BCUT2D eigenvalue weighted by Crippen LogP contribution is 2.26. The van der Waals surface area contributed by atoms with Gasteiger partial charge in [0.15, 0.2) is 0 Å². The van der Waals surface area contributed by atoms with Crippen LogP contribution in [0.5, 0.6) is 0 Å². The predicted molar refractivity (Wildman–Crippen MR) is 88.1 cm³/mol. The smallest absolute Gasteiger partial charge is 0.220 e. The Morgan fingerprint density at radius 1 is 1.38 bits per heavy atom. The monoisotopic (exact) mass is 334 g/mol. The molecule has 130 valence electrons. The standard InChI is InChI=1S/C18H23FN2O3/c1-12-14(13(2)24-21-12)9-10-17(22)20-11-18(3,23-4)15-7-5-6-8-16(15)19/h5-8H,9-11H2,1-4H3,(H,20,22)/t18-/m1/s1. The Kier molecular flexibility index (Phi) is 5.72. The summed E-state index contributed by atoms with van der Waals surface area (Å²) < 4.78 is 24.6. The van der Waals surface area contributed by atoms with Crippen molar-refractivity contribution in [2.24, 2.45) is 0 Å². The third-order valence-electron chi connectivity index (χ3n) is 4.30. The Morgan fingerprint density at radius 2 is 2.08 bits per heavy atom. The summed E-state index contributed by atoms with van der Waals surface area (Å²) in [6, 6.07) is 6.41. The molecule has 24 heavy (non-hydrogen) atoms. The highest BCUT2D eigenvalue weighted by Gasteiger charge is 2.29. The Morgan fingerprint density at radius 3 is 2.67 bits per heavy atom. The van der Waals surface area contributed by atoms with Crippen molar-refractivity contribution in [2.45, 2.75) is 39.2 Å². The topological polar surface area (TPSA) is 64.4 Å². The minimum Gasteiger partial charge on any atom is -0.372 e. The van der Waals surface area contributed by atoms with Crippen molar-refractivity contribution in [2.75, 3.05) is 13.7 Å². The molecule has 2 rings (SSSR count). The van der Waals surface area contributed by atoms with Gasteiger partial charge in [-0.15, -0.1) is 0 Å². The quantitative estimate of drug-likeness (QED) is 0.845. The molecule has 2 aromatic rings. The van der Waals surface area contributed by atoms with E-state index in [-0.39, 0.29) is 18.3 Å². The van der Waals surface area contributed by atoms with Crippen LogP contribution in [0.4, 0.5) is 4.39 Å². The van der Waals surface area contributed by atoms with E-state index >= 15 is 0 Å². The summed E-state index contributed by atoms with van der Waals surface area (Å²) in [5.74, 6) is 0.245. The van der Waals surface area contributed by atoms with E-state index in [9.17, 15) is 9.18 Å². The highest BCUT2D eigenvalue weighted by molar-refractivity contribution is 5.76. The first-order valence-electron chi connectivity index (χ1n) is 7.86. The van der Waals surface area contributed by atoms with E-state index in [1.165, 1.54) is 13.2 Å². The maximum Gasteiger partial charge on any atom is 0.220 e. The number of methoxy groups -OCH3 is 1. The molecule has 0 saturated carbocycles. The molecule has 0 aliphatic carbocycles. The Balaban J connectivity index is 1.95. The lowest BCUT2D eigenvalue weighted by Crippen LogP contribution is -2.40. The number of hydrogen-bond acceptors (Lipinski definition) is 4. The van der Waals surface area contributed by atoms with Crippen LogP contribution in [0, 0.1) is 19.7 Å². The van der Waals surface area contributed by atoms with Crippen molar-refractivity contribution in [1.82, 2.24) is 10.5 Å². The Labute approximate surface area is 141 Å². The Hall–Kier alpha value is -2.21. The summed E-state index contributed by atoms with van der Waals surface area (Å²) in [7, 11) is 1.50. The van der Waals surface area contributed by atoms with Gasteiger partial charge in [0.1, 0.15) is 17.2 Å². The van der Waals surface area contributed by atoms with Crippen molar-refractivity contribution >= 4 is 5.91 Å². The number of amides is 1. The SMILES string of the molecule is CO[C@](C)(CNC(=O)CCc1c(C)noc1C)c1ccccc1F. The van der Waals surface area contributed by atoms with Crippen LogP contribution in [0.25, 0.3) is 0 Å². The molecule has 1 aromatic carbocycles. The van der Waals surface area contributed by atoms with Crippen LogP contribution in [0.1, 0.15) is 35.9 Å². The van der Waals surface area contributed by atoms with Gasteiger partial charge in [-0.2, -0.15) is 0 Å². The number of rotatable bonds is 7. The molecule has 0 aliphatic heterocycles. The molecule has 1 aromatic heterocycles. The van der Waals surface area contributed by atoms with Gasteiger partial charge in [0.2, 0.25) is 5.91 Å². The van der Waals surface area contributed by atoms with E-state index in [2.05, 4.69) is 10.5 Å². The summed E-state index contributed by atoms with van der Waals surface area (Å²) in [6.07, 6.45) is 0.857. The molecule has 0 fully saturated rings. The van der Waals surface area contributed by atoms with Gasteiger partial charge in [-0.3, -0.25) is 4.79 Å². The predicted octanol–water partition coefficient (Wildman–Crippen LogP) is 3.04. The van der Waals surface area contributed by atoms with E-state index in [0.717, 1.165) is 17.0 Å². The number of aromatic nitrogens is 1. The maximum atomic E-state index is 14.0. The molecule has 1 amide bonds. The van der Waals surface area contributed by atoms with Gasteiger partial charge < -0.3 is 14.6 Å². The molecule has 1 atom stereocenters. The van der Waals surface area contributed by atoms with Gasteiger partial charge in [-0.05, 0) is 33.3 Å². The minimum absolute atomic E-state index is 0.130. The van der Waals surface area contributed by atoms with Gasteiger partial charge in [-0.25, -0.2) is 4.39 Å². The average Bonchev–Trinajstić information content (AvgIpc) is 2.89. The second kappa shape index (κ2) is 7.57. The van der Waals surface area contributed by atoms with Crippen LogP contribution in [0.15, 0.2) is 28.8 Å². The fraction of sp³-hybridized carbons (Fsp3) is 0.444. The number of nitrogens with one attached hydrogen (secondary N) is 1. The summed E-state index contributed by atoms with van der Waals surface area (Å²) >= 11 is 0. The van der Waals surface area contributed by atoms with E-state index in [1.54, 1.807) is 25.1 Å². The van der Waals surface area contributed by atoms with E-state index < -0.39 is 5.60 Å². The molecule has 1 N–H and O–H groups in total. The largest absolute Gasteiger partial charge is 0.372 e. The zero-order valence-electron chi connectivity index (χ0n) is 14.5. The van der Waals surface area contributed by atoms with Crippen LogP contribution in [0.3, 0.4) is 0 Å². The molecular weight excluding hydrogens is 311 g/mol. The molecular formula is C18H23FN2O3. The van der Waals surface area contributed by atoms with Crippen LogP contribution >= 0.6 is 0 Å². The van der Waals surface area contributed by atoms with Crippen LogP contribution < -0.4 is 5.32 Å². The minimum atomic E-state index is -0.927. The molecule has 0 spiro atoms. The van der Waals surface area contributed by atoms with Crippen molar-refractivity contribution < 1.29 is 18.4 Å². The van der Waals surface area contributed by atoms with E-state index in [0.29, 0.717) is 18.4 Å². The number of carbonyl (C=O) groups is 1. The number of ether oxygens (including phenoxy) is 1. The fourth-order valence-corrected chi connectivity index (χ4v) is 2.62. The third kappa shape index (κ3) is 4.00. The number of carbonyl (C=O) groups excluding carboxylic acids is 1. The van der Waals surface area contributed by atoms with Gasteiger partial charge in [-0.1, -0.05) is 23.4 Å². The number of halogens is 1. The second-order valence-corrected chi connectivity index (χ2v) is 5.99. The van der Waals surface area contributed by atoms with Gasteiger partial charge >= 0.3 is 0 Å². The molecule has 0 aliphatic rings. The molecule has 0 saturated heterocycles. The lowest BCUT2D eigenvalue weighted by molar-refractivity contribution is -0.122. The van der Waals surface area contributed by atoms with E-state index in [1.807, 2.05) is 13.8 Å². The molecule has 0 unspecified atom stereocenters. The van der Waals surface area contributed by atoms with Crippen LogP contribution in [0.2, 0.25) is 0 Å². The molecule has 0 radical (unpaired) electrons. The first kappa shape index (κ1) is 18.1. The van der Waals surface area contributed by atoms with Crippen molar-refractivity contribution in [3.8, 4) is 0 Å². The highest BCUT2D eigenvalue weighted by atomic mass is 19.1. The van der Waals surface area contributed by atoms with Crippen LogP contribution in [-0.2, 0) is 21.6 Å².